The fraction of sp³-hybridized carbons (Fsp3) is 0.278. The molecule has 0 radical (unpaired) electrons. The maximum absolute atomic E-state index is 11.7. The van der Waals surface area contributed by atoms with Gasteiger partial charge in [-0.2, -0.15) is 0 Å². The average Bonchev–Trinajstić information content (AvgIpc) is 2.52. The number of para-hydroxylation sites is 2. The molecule has 2 N–H and O–H groups in total. The summed E-state index contributed by atoms with van der Waals surface area (Å²) in [6, 6.07) is 13.7. The van der Waals surface area contributed by atoms with Crippen LogP contribution < -0.4 is 10.6 Å². The number of hydrogen-bond donors (Lipinski definition) is 2. The molecule has 25 heavy (non-hydrogen) atoms. The number of carbonyl (C=O) groups excluding carboxylic acids is 1. The lowest BCUT2D eigenvalue weighted by Gasteiger charge is -2.19. The van der Waals surface area contributed by atoms with E-state index in [-0.39, 0.29) is 5.69 Å². The Balaban J connectivity index is 2.05. The molecule has 0 fully saturated rings. The normalized spacial score (nSPS) is 10.8. The Morgan fingerprint density at radius 3 is 2.56 bits per heavy atom. The molecule has 2 aromatic rings. The molecule has 2 rings (SSSR count). The molecule has 0 saturated carbocycles. The number of amides is 1. The topological polar surface area (TPSA) is 93.5 Å². The SMILES string of the molecule is CC(C)(C)OC(=O)NCc1cccc(Nc2ccccc2[N+](=O)[O-])c1. The maximum Gasteiger partial charge on any atom is 0.407 e. The fourth-order valence-electron chi connectivity index (χ4n) is 2.14. The van der Waals surface area contributed by atoms with E-state index in [2.05, 4.69) is 10.6 Å². The second-order valence-electron chi connectivity index (χ2n) is 6.46. The van der Waals surface area contributed by atoms with E-state index >= 15 is 0 Å². The fourth-order valence-corrected chi connectivity index (χ4v) is 2.14. The van der Waals surface area contributed by atoms with Gasteiger partial charge in [0.1, 0.15) is 11.3 Å². The Hall–Kier alpha value is -3.09. The first kappa shape index (κ1) is 18.3. The number of hydrogen-bond acceptors (Lipinski definition) is 5. The molecule has 0 heterocycles. The van der Waals surface area contributed by atoms with Crippen LogP contribution in [0.1, 0.15) is 26.3 Å². The number of nitro benzene ring substituents is 1. The van der Waals surface area contributed by atoms with Crippen LogP contribution in [-0.2, 0) is 11.3 Å². The molecule has 0 spiro atoms. The van der Waals surface area contributed by atoms with E-state index in [9.17, 15) is 14.9 Å². The van der Waals surface area contributed by atoms with E-state index in [0.29, 0.717) is 17.9 Å². The highest BCUT2D eigenvalue weighted by atomic mass is 16.6. The molecule has 0 aromatic heterocycles. The van der Waals surface area contributed by atoms with Crippen molar-refractivity contribution in [3.8, 4) is 0 Å². The van der Waals surface area contributed by atoms with Gasteiger partial charge in [-0.05, 0) is 44.5 Å². The number of ether oxygens (including phenoxy) is 1. The van der Waals surface area contributed by atoms with Gasteiger partial charge < -0.3 is 15.4 Å². The highest BCUT2D eigenvalue weighted by Gasteiger charge is 2.16. The van der Waals surface area contributed by atoms with Crippen LogP contribution in [0.25, 0.3) is 0 Å². The van der Waals surface area contributed by atoms with Gasteiger partial charge in [0.15, 0.2) is 0 Å². The summed E-state index contributed by atoms with van der Waals surface area (Å²) in [6.07, 6.45) is -0.496. The Morgan fingerprint density at radius 1 is 1.16 bits per heavy atom. The molecule has 2 aromatic carbocycles. The molecule has 0 aliphatic heterocycles. The molecule has 7 nitrogen and oxygen atoms in total. The second kappa shape index (κ2) is 7.65. The zero-order valence-electron chi connectivity index (χ0n) is 14.4. The molecular weight excluding hydrogens is 322 g/mol. The van der Waals surface area contributed by atoms with E-state index < -0.39 is 16.6 Å². The number of carbonyl (C=O) groups is 1. The van der Waals surface area contributed by atoms with Crippen molar-refractivity contribution in [3.63, 3.8) is 0 Å². The highest BCUT2D eigenvalue weighted by molar-refractivity contribution is 5.70. The molecular formula is C18H21N3O4. The summed E-state index contributed by atoms with van der Waals surface area (Å²) in [5.41, 5.74) is 1.39. The number of nitrogens with one attached hydrogen (secondary N) is 2. The quantitative estimate of drug-likeness (QED) is 0.621. The van der Waals surface area contributed by atoms with Gasteiger partial charge >= 0.3 is 6.09 Å². The first-order chi connectivity index (χ1) is 11.7. The van der Waals surface area contributed by atoms with Gasteiger partial charge in [0, 0.05) is 18.3 Å². The predicted octanol–water partition coefficient (Wildman–Crippen LogP) is 4.36. The number of nitrogens with zero attached hydrogens (tertiary/aromatic N) is 1. The summed E-state index contributed by atoms with van der Waals surface area (Å²) in [7, 11) is 0. The third-order valence-electron chi connectivity index (χ3n) is 3.14. The molecule has 0 unspecified atom stereocenters. The zero-order valence-corrected chi connectivity index (χ0v) is 14.4. The van der Waals surface area contributed by atoms with Crippen LogP contribution >= 0.6 is 0 Å². The summed E-state index contributed by atoms with van der Waals surface area (Å²) in [6.45, 7) is 5.68. The van der Waals surface area contributed by atoms with Gasteiger partial charge in [0.25, 0.3) is 5.69 Å². The van der Waals surface area contributed by atoms with Gasteiger partial charge in [-0.15, -0.1) is 0 Å². The summed E-state index contributed by atoms with van der Waals surface area (Å²) in [4.78, 5) is 22.3. The number of nitro groups is 1. The van der Waals surface area contributed by atoms with Crippen molar-refractivity contribution in [3.05, 3.63) is 64.2 Å². The van der Waals surface area contributed by atoms with Crippen molar-refractivity contribution in [2.45, 2.75) is 32.9 Å². The number of alkyl carbamates (subject to hydrolysis) is 1. The first-order valence-corrected chi connectivity index (χ1v) is 7.81. The predicted molar refractivity (Wildman–Crippen MR) is 95.9 cm³/mol. The molecule has 0 saturated heterocycles. The third kappa shape index (κ3) is 5.80. The minimum Gasteiger partial charge on any atom is -0.444 e. The van der Waals surface area contributed by atoms with E-state index in [4.69, 9.17) is 4.74 Å². The molecule has 0 aliphatic carbocycles. The van der Waals surface area contributed by atoms with E-state index in [1.807, 2.05) is 18.2 Å². The van der Waals surface area contributed by atoms with Crippen molar-refractivity contribution in [2.24, 2.45) is 0 Å². The summed E-state index contributed by atoms with van der Waals surface area (Å²) in [5.74, 6) is 0. The molecule has 132 valence electrons. The van der Waals surface area contributed by atoms with Crippen LogP contribution in [0.4, 0.5) is 21.9 Å². The molecule has 0 atom stereocenters. The van der Waals surface area contributed by atoms with Gasteiger partial charge in [-0.1, -0.05) is 24.3 Å². The number of rotatable bonds is 5. The van der Waals surface area contributed by atoms with Crippen LogP contribution in [0.2, 0.25) is 0 Å². The highest BCUT2D eigenvalue weighted by Crippen LogP contribution is 2.27. The van der Waals surface area contributed by atoms with Crippen molar-refractivity contribution < 1.29 is 14.5 Å². The van der Waals surface area contributed by atoms with Crippen LogP contribution in [0.15, 0.2) is 48.5 Å². The Bertz CT molecular complexity index is 769. The van der Waals surface area contributed by atoms with Crippen molar-refractivity contribution in [1.82, 2.24) is 5.32 Å². The zero-order chi connectivity index (χ0) is 18.4. The molecule has 7 heteroatoms. The lowest BCUT2D eigenvalue weighted by molar-refractivity contribution is -0.383. The number of benzene rings is 2. The van der Waals surface area contributed by atoms with Gasteiger partial charge in [0.05, 0.1) is 4.92 Å². The Morgan fingerprint density at radius 2 is 1.88 bits per heavy atom. The molecule has 0 aliphatic rings. The van der Waals surface area contributed by atoms with E-state index in [1.165, 1.54) is 6.07 Å². The summed E-state index contributed by atoms with van der Waals surface area (Å²) in [5, 5.41) is 16.8. The van der Waals surface area contributed by atoms with Crippen molar-refractivity contribution in [1.29, 1.82) is 0 Å². The van der Waals surface area contributed by atoms with Crippen LogP contribution in [0.5, 0.6) is 0 Å². The second-order valence-corrected chi connectivity index (χ2v) is 6.46. The summed E-state index contributed by atoms with van der Waals surface area (Å²) >= 11 is 0. The van der Waals surface area contributed by atoms with Gasteiger partial charge in [-0.3, -0.25) is 10.1 Å². The lowest BCUT2D eigenvalue weighted by Crippen LogP contribution is -2.32. The molecule has 1 amide bonds. The minimum atomic E-state index is -0.556. The maximum atomic E-state index is 11.7. The smallest absolute Gasteiger partial charge is 0.407 e. The van der Waals surface area contributed by atoms with Crippen LogP contribution in [0, 0.1) is 10.1 Å². The molecule has 0 bridgehead atoms. The summed E-state index contributed by atoms with van der Waals surface area (Å²) < 4.78 is 5.19. The lowest BCUT2D eigenvalue weighted by atomic mass is 10.2. The minimum absolute atomic E-state index is 0.000201. The largest absolute Gasteiger partial charge is 0.444 e. The van der Waals surface area contributed by atoms with E-state index in [1.54, 1.807) is 45.0 Å². The third-order valence-corrected chi connectivity index (χ3v) is 3.14. The average molecular weight is 343 g/mol. The standard InChI is InChI=1S/C18H21N3O4/c1-18(2,3)25-17(22)19-12-13-7-6-8-14(11-13)20-15-9-4-5-10-16(15)21(23)24/h4-11,20H,12H2,1-3H3,(H,19,22). The van der Waals surface area contributed by atoms with Gasteiger partial charge in [-0.25, -0.2) is 4.79 Å². The Kier molecular flexibility index (Phi) is 5.59. The monoisotopic (exact) mass is 343 g/mol. The van der Waals surface area contributed by atoms with Crippen molar-refractivity contribution >= 4 is 23.2 Å². The van der Waals surface area contributed by atoms with E-state index in [0.717, 1.165) is 5.56 Å². The van der Waals surface area contributed by atoms with Crippen LogP contribution in [0.3, 0.4) is 0 Å². The van der Waals surface area contributed by atoms with Crippen LogP contribution in [-0.4, -0.2) is 16.6 Å². The number of anilines is 2. The Labute approximate surface area is 146 Å². The first-order valence-electron chi connectivity index (χ1n) is 7.81. The van der Waals surface area contributed by atoms with Crippen molar-refractivity contribution in [2.75, 3.05) is 5.32 Å². The van der Waals surface area contributed by atoms with Gasteiger partial charge in [0.2, 0.25) is 0 Å².